The topological polar surface area (TPSA) is 63.4 Å². The molecule has 1 unspecified atom stereocenters. The van der Waals surface area contributed by atoms with E-state index in [0.29, 0.717) is 17.6 Å². The zero-order valence-corrected chi connectivity index (χ0v) is 14.0. The van der Waals surface area contributed by atoms with Gasteiger partial charge in [-0.25, -0.2) is 8.42 Å². The maximum atomic E-state index is 12.5. The molecule has 1 aromatic rings. The molecule has 1 fully saturated rings. The lowest BCUT2D eigenvalue weighted by atomic mass is 10.1. The van der Waals surface area contributed by atoms with E-state index < -0.39 is 10.0 Å². The average Bonchev–Trinajstić information content (AvgIpc) is 2.32. The molecule has 0 radical (unpaired) electrons. The maximum absolute atomic E-state index is 12.5. The number of halogens is 3. The first kappa shape index (κ1) is 17.2. The second-order valence-electron chi connectivity index (χ2n) is 4.32. The van der Waals surface area contributed by atoms with E-state index in [2.05, 4.69) is 15.9 Å². The highest BCUT2D eigenvalue weighted by atomic mass is 79.9. The fourth-order valence-electron chi connectivity index (χ4n) is 2.01. The van der Waals surface area contributed by atoms with Crippen LogP contribution >= 0.6 is 39.9 Å². The van der Waals surface area contributed by atoms with E-state index in [1.807, 2.05) is 0 Å². The number of sulfonamides is 1. The summed E-state index contributed by atoms with van der Waals surface area (Å²) in [6.07, 6.45) is 1.64. The van der Waals surface area contributed by atoms with Gasteiger partial charge in [-0.05, 0) is 40.9 Å². The van der Waals surface area contributed by atoms with E-state index in [4.69, 9.17) is 17.3 Å². The quantitative estimate of drug-likeness (QED) is 0.845. The standard InChI is InChI=1S/C11H14BrClN2O2S.ClH/c12-9-4-1-5-10(11(9)13)18(16,17)15-6-2-3-8(14)7-15;/h1,4-5,8H,2-3,6-7,14H2;1H. The number of hydrogen-bond donors (Lipinski definition) is 1. The second kappa shape index (κ2) is 6.74. The number of nitrogens with two attached hydrogens (primary N) is 1. The summed E-state index contributed by atoms with van der Waals surface area (Å²) in [4.78, 5) is 0.132. The Kier molecular flexibility index (Phi) is 6.10. The van der Waals surface area contributed by atoms with E-state index >= 15 is 0 Å². The van der Waals surface area contributed by atoms with Crippen LogP contribution in [0.1, 0.15) is 12.8 Å². The van der Waals surface area contributed by atoms with Gasteiger partial charge in [-0.1, -0.05) is 17.7 Å². The SMILES string of the molecule is Cl.NC1CCCN(S(=O)(=O)c2cccc(Br)c2Cl)C1. The number of hydrogen-bond acceptors (Lipinski definition) is 3. The van der Waals surface area contributed by atoms with Gasteiger partial charge < -0.3 is 5.73 Å². The minimum Gasteiger partial charge on any atom is -0.327 e. The van der Waals surface area contributed by atoms with Crippen LogP contribution in [0.3, 0.4) is 0 Å². The van der Waals surface area contributed by atoms with Crippen molar-refractivity contribution in [3.63, 3.8) is 0 Å². The van der Waals surface area contributed by atoms with Crippen LogP contribution in [0, 0.1) is 0 Å². The largest absolute Gasteiger partial charge is 0.327 e. The number of piperidine rings is 1. The Morgan fingerprint density at radius 3 is 2.74 bits per heavy atom. The summed E-state index contributed by atoms with van der Waals surface area (Å²) in [5, 5.41) is 0.219. The minimum absolute atomic E-state index is 0. The molecule has 0 bridgehead atoms. The lowest BCUT2D eigenvalue weighted by molar-refractivity contribution is 0.316. The molecule has 108 valence electrons. The number of nitrogens with zero attached hydrogens (tertiary/aromatic N) is 1. The summed E-state index contributed by atoms with van der Waals surface area (Å²) in [6.45, 7) is 0.851. The Morgan fingerprint density at radius 2 is 2.11 bits per heavy atom. The van der Waals surface area contributed by atoms with Gasteiger partial charge >= 0.3 is 0 Å². The third-order valence-corrected chi connectivity index (χ3v) is 6.27. The molecular formula is C11H15BrCl2N2O2S. The molecule has 0 aliphatic carbocycles. The molecular weight excluding hydrogens is 375 g/mol. The summed E-state index contributed by atoms with van der Waals surface area (Å²) >= 11 is 9.28. The minimum atomic E-state index is -3.56. The summed E-state index contributed by atoms with van der Waals surface area (Å²) in [5.41, 5.74) is 5.82. The van der Waals surface area contributed by atoms with Crippen LogP contribution in [0.2, 0.25) is 5.02 Å². The molecule has 0 saturated carbocycles. The molecule has 0 spiro atoms. The van der Waals surface area contributed by atoms with Crippen molar-refractivity contribution in [2.75, 3.05) is 13.1 Å². The van der Waals surface area contributed by atoms with Crippen molar-refractivity contribution in [2.24, 2.45) is 5.73 Å². The fourth-order valence-corrected chi connectivity index (χ4v) is 4.55. The Labute approximate surface area is 132 Å². The van der Waals surface area contributed by atoms with Gasteiger partial charge in [0.2, 0.25) is 10.0 Å². The average molecular weight is 390 g/mol. The van der Waals surface area contributed by atoms with Gasteiger partial charge in [0.05, 0.1) is 5.02 Å². The van der Waals surface area contributed by atoms with Crippen LogP contribution in [0.4, 0.5) is 0 Å². The predicted octanol–water partition coefficient (Wildman–Crippen LogP) is 2.64. The zero-order chi connectivity index (χ0) is 13.3. The molecule has 1 aliphatic heterocycles. The molecule has 1 heterocycles. The summed E-state index contributed by atoms with van der Waals surface area (Å²) < 4.78 is 26.9. The highest BCUT2D eigenvalue weighted by molar-refractivity contribution is 9.10. The van der Waals surface area contributed by atoms with Gasteiger partial charge in [0, 0.05) is 23.6 Å². The van der Waals surface area contributed by atoms with E-state index in [9.17, 15) is 8.42 Å². The first-order valence-corrected chi connectivity index (χ1v) is 8.24. The maximum Gasteiger partial charge on any atom is 0.244 e. The van der Waals surface area contributed by atoms with Gasteiger partial charge in [0.15, 0.2) is 0 Å². The molecule has 0 amide bonds. The molecule has 1 atom stereocenters. The van der Waals surface area contributed by atoms with Crippen molar-refractivity contribution < 1.29 is 8.42 Å². The lowest BCUT2D eigenvalue weighted by Crippen LogP contribution is -2.45. The molecule has 2 N–H and O–H groups in total. The molecule has 8 heteroatoms. The lowest BCUT2D eigenvalue weighted by Gasteiger charge is -2.30. The molecule has 0 aromatic heterocycles. The Bertz CT molecular complexity index is 554. The molecule has 1 aliphatic rings. The summed E-state index contributed by atoms with van der Waals surface area (Å²) in [5.74, 6) is 0. The van der Waals surface area contributed by atoms with Gasteiger partial charge in [-0.15, -0.1) is 12.4 Å². The van der Waals surface area contributed by atoms with Crippen molar-refractivity contribution in [3.05, 3.63) is 27.7 Å². The predicted molar refractivity (Wildman–Crippen MR) is 82.4 cm³/mol. The Morgan fingerprint density at radius 1 is 1.42 bits per heavy atom. The monoisotopic (exact) mass is 388 g/mol. The summed E-state index contributed by atoms with van der Waals surface area (Å²) in [7, 11) is -3.56. The fraction of sp³-hybridized carbons (Fsp3) is 0.455. The van der Waals surface area contributed by atoms with Crippen LogP contribution in [0.5, 0.6) is 0 Å². The van der Waals surface area contributed by atoms with E-state index in [1.54, 1.807) is 12.1 Å². The Hall–Kier alpha value is 0.150. The van der Waals surface area contributed by atoms with E-state index in [0.717, 1.165) is 12.8 Å². The van der Waals surface area contributed by atoms with Crippen molar-refractivity contribution in [3.8, 4) is 0 Å². The van der Waals surface area contributed by atoms with Gasteiger partial charge in [-0.3, -0.25) is 0 Å². The van der Waals surface area contributed by atoms with Crippen LogP contribution in [-0.4, -0.2) is 31.9 Å². The van der Waals surface area contributed by atoms with E-state index in [-0.39, 0.29) is 28.4 Å². The second-order valence-corrected chi connectivity index (χ2v) is 7.46. The molecule has 1 aromatic carbocycles. The molecule has 4 nitrogen and oxygen atoms in total. The van der Waals surface area contributed by atoms with Gasteiger partial charge in [0.25, 0.3) is 0 Å². The highest BCUT2D eigenvalue weighted by Crippen LogP contribution is 2.31. The molecule has 19 heavy (non-hydrogen) atoms. The summed E-state index contributed by atoms with van der Waals surface area (Å²) in [6, 6.07) is 4.79. The first-order valence-electron chi connectivity index (χ1n) is 5.62. The highest BCUT2D eigenvalue weighted by Gasteiger charge is 2.30. The normalized spacial score (nSPS) is 20.9. The number of rotatable bonds is 2. The van der Waals surface area contributed by atoms with Gasteiger partial charge in [0.1, 0.15) is 4.90 Å². The Balaban J connectivity index is 0.00000180. The number of benzene rings is 1. The zero-order valence-electron chi connectivity index (χ0n) is 10.1. The smallest absolute Gasteiger partial charge is 0.244 e. The van der Waals surface area contributed by atoms with Crippen molar-refractivity contribution in [1.82, 2.24) is 4.31 Å². The van der Waals surface area contributed by atoms with Crippen molar-refractivity contribution in [2.45, 2.75) is 23.8 Å². The molecule has 1 saturated heterocycles. The van der Waals surface area contributed by atoms with E-state index in [1.165, 1.54) is 10.4 Å². The van der Waals surface area contributed by atoms with Crippen LogP contribution in [0.25, 0.3) is 0 Å². The third kappa shape index (κ3) is 3.62. The van der Waals surface area contributed by atoms with Gasteiger partial charge in [-0.2, -0.15) is 4.31 Å². The van der Waals surface area contributed by atoms with Crippen molar-refractivity contribution >= 4 is 50.0 Å². The van der Waals surface area contributed by atoms with Crippen LogP contribution in [0.15, 0.2) is 27.6 Å². The third-order valence-electron chi connectivity index (χ3n) is 2.95. The molecule has 2 rings (SSSR count). The van der Waals surface area contributed by atoms with Crippen LogP contribution < -0.4 is 5.73 Å². The van der Waals surface area contributed by atoms with Crippen molar-refractivity contribution in [1.29, 1.82) is 0 Å². The first-order chi connectivity index (χ1) is 8.43. The van der Waals surface area contributed by atoms with Crippen LogP contribution in [-0.2, 0) is 10.0 Å².